The molecule has 0 unspecified atom stereocenters. The Balaban J connectivity index is 1.34. The van der Waals surface area contributed by atoms with Crippen molar-refractivity contribution < 1.29 is 59.4 Å². The van der Waals surface area contributed by atoms with E-state index in [-0.39, 0.29) is 44.0 Å². The minimum absolute atomic E-state index is 0.0139. The molecule has 0 radical (unpaired) electrons. The highest BCUT2D eigenvalue weighted by Gasteiger charge is 2.64. The van der Waals surface area contributed by atoms with Crippen LogP contribution < -0.4 is 14.2 Å². The molecule has 1 N–H and O–H groups in total. The molecule has 6 rings (SSSR count). The summed E-state index contributed by atoms with van der Waals surface area (Å²) in [5.41, 5.74) is -1.54. The van der Waals surface area contributed by atoms with E-state index in [4.69, 9.17) is 14.2 Å². The maximum atomic E-state index is 14.8. The molecule has 1 aromatic heterocycles. The lowest BCUT2D eigenvalue weighted by atomic mass is 9.82. The van der Waals surface area contributed by atoms with Gasteiger partial charge in [-0.25, -0.2) is 22.5 Å². The zero-order chi connectivity index (χ0) is 40.8. The number of Topliss-reactive ketones (excluding diaryl/α,β-unsaturated/α-hetero) is 1. The number of hydrogen-bond acceptors (Lipinski definition) is 10. The molecule has 3 fully saturated rings. The standard InChI is InChI=1S/C39H47F4N3O9S/c1-22-7-5-6-8-26-19-37(26,36(50)45-56(51,52)38(40)12-13-38)20-32(47)31-17-28(55-34-29-10-9-27(53-4)16-25(29)11-14-44-34)21-46(31)35(49)30(23(2)15-22)18-33(48)54-24(3)39(41,42)43/h6,8-11,14,16,22-24,26,28,30-31H,5,7,12-13,15,17-21H2,1-4H3,(H,45,50)/b8-6-/t22-,23-,24-,26-,28-,30+,31+,37-/m1/s1. The van der Waals surface area contributed by atoms with Gasteiger partial charge in [-0.3, -0.25) is 19.2 Å². The molecule has 2 aliphatic carbocycles. The first-order chi connectivity index (χ1) is 26.3. The van der Waals surface area contributed by atoms with Crippen LogP contribution in [0.5, 0.6) is 11.6 Å². The minimum Gasteiger partial charge on any atom is -0.497 e. The average Bonchev–Trinajstić information content (AvgIpc) is 4.01. The van der Waals surface area contributed by atoms with Crippen LogP contribution >= 0.6 is 0 Å². The van der Waals surface area contributed by atoms with Crippen LogP contribution in [0.4, 0.5) is 17.6 Å². The van der Waals surface area contributed by atoms with Gasteiger partial charge in [0.25, 0.3) is 10.0 Å². The summed E-state index contributed by atoms with van der Waals surface area (Å²) in [6, 6.07) is 5.76. The van der Waals surface area contributed by atoms with Crippen LogP contribution in [-0.4, -0.2) is 85.0 Å². The molecule has 1 saturated heterocycles. The van der Waals surface area contributed by atoms with Crippen molar-refractivity contribution in [1.29, 1.82) is 0 Å². The van der Waals surface area contributed by atoms with Crippen molar-refractivity contribution in [2.45, 2.75) is 108 Å². The van der Waals surface area contributed by atoms with E-state index in [0.29, 0.717) is 37.3 Å². The largest absolute Gasteiger partial charge is 0.497 e. The smallest absolute Gasteiger partial charge is 0.425 e. The number of nitrogens with one attached hydrogen (secondary N) is 1. The Hall–Kier alpha value is -4.28. The Bertz CT molecular complexity index is 2010. The molecule has 306 valence electrons. The zero-order valence-electron chi connectivity index (χ0n) is 31.6. The second-order valence-corrected chi connectivity index (χ2v) is 17.9. The Morgan fingerprint density at radius 2 is 1.86 bits per heavy atom. The monoisotopic (exact) mass is 809 g/mol. The molecule has 1 aromatic carbocycles. The van der Waals surface area contributed by atoms with E-state index in [9.17, 15) is 45.2 Å². The van der Waals surface area contributed by atoms with Gasteiger partial charge in [-0.2, -0.15) is 13.2 Å². The van der Waals surface area contributed by atoms with Crippen LogP contribution in [0.3, 0.4) is 0 Å². The lowest BCUT2D eigenvalue weighted by Gasteiger charge is -2.32. The normalized spacial score (nSPS) is 30.5. The van der Waals surface area contributed by atoms with Gasteiger partial charge in [-0.1, -0.05) is 26.0 Å². The summed E-state index contributed by atoms with van der Waals surface area (Å²) in [4.78, 5) is 61.6. The average molecular weight is 810 g/mol. The van der Waals surface area contributed by atoms with Crippen molar-refractivity contribution in [3.05, 3.63) is 42.6 Å². The molecule has 56 heavy (non-hydrogen) atoms. The number of allylic oxidation sites excluding steroid dienone is 2. The number of pyridine rings is 1. The Kier molecular flexibility index (Phi) is 11.5. The summed E-state index contributed by atoms with van der Waals surface area (Å²) in [6.45, 7) is 4.20. The summed E-state index contributed by atoms with van der Waals surface area (Å²) in [5, 5.41) is -1.21. The minimum atomic E-state index is -4.82. The molecule has 2 aromatic rings. The molecular weight excluding hydrogens is 763 g/mol. The number of hydrogen-bond donors (Lipinski definition) is 1. The van der Waals surface area contributed by atoms with Gasteiger partial charge in [0, 0.05) is 37.3 Å². The number of amides is 2. The van der Waals surface area contributed by atoms with Crippen molar-refractivity contribution in [2.24, 2.45) is 29.1 Å². The molecule has 12 nitrogen and oxygen atoms in total. The number of esters is 1. The van der Waals surface area contributed by atoms with E-state index in [2.05, 4.69) is 4.98 Å². The maximum absolute atomic E-state index is 14.8. The predicted molar refractivity (Wildman–Crippen MR) is 194 cm³/mol. The quantitative estimate of drug-likeness (QED) is 0.182. The number of alkyl halides is 4. The van der Waals surface area contributed by atoms with E-state index in [1.165, 1.54) is 18.2 Å². The van der Waals surface area contributed by atoms with Crippen LogP contribution in [0.15, 0.2) is 42.6 Å². The van der Waals surface area contributed by atoms with Gasteiger partial charge in [0.05, 0.1) is 37.5 Å². The van der Waals surface area contributed by atoms with Gasteiger partial charge in [0.1, 0.15) is 11.9 Å². The number of fused-ring (bicyclic) bond motifs is 3. The highest BCUT2D eigenvalue weighted by molar-refractivity contribution is 7.91. The van der Waals surface area contributed by atoms with Gasteiger partial charge in [0.15, 0.2) is 11.9 Å². The fourth-order valence-electron chi connectivity index (χ4n) is 7.97. The number of ketones is 1. The zero-order valence-corrected chi connectivity index (χ0v) is 32.5. The summed E-state index contributed by atoms with van der Waals surface area (Å²) in [6.07, 6.45) is -3.01. The Morgan fingerprint density at radius 1 is 1.12 bits per heavy atom. The lowest BCUT2D eigenvalue weighted by molar-refractivity contribution is -0.216. The van der Waals surface area contributed by atoms with Gasteiger partial charge in [0.2, 0.25) is 22.7 Å². The van der Waals surface area contributed by atoms with Crippen LogP contribution in [0.25, 0.3) is 10.8 Å². The number of nitrogens with zero attached hydrogens (tertiary/aromatic N) is 2. The van der Waals surface area contributed by atoms with Gasteiger partial charge in [-0.15, -0.1) is 0 Å². The molecular formula is C39H47F4N3O9S. The fourth-order valence-corrected chi connectivity index (χ4v) is 9.24. The number of halogens is 4. The molecule has 2 aliphatic heterocycles. The first kappa shape index (κ1) is 41.4. The van der Waals surface area contributed by atoms with Crippen molar-refractivity contribution in [3.63, 3.8) is 0 Å². The second-order valence-electron chi connectivity index (χ2n) is 15.9. The van der Waals surface area contributed by atoms with Crippen LogP contribution in [0.1, 0.15) is 78.6 Å². The van der Waals surface area contributed by atoms with Crippen molar-refractivity contribution in [3.8, 4) is 11.6 Å². The number of carbonyl (C=O) groups excluding carboxylic acids is 4. The van der Waals surface area contributed by atoms with Crippen LogP contribution in [0.2, 0.25) is 0 Å². The highest BCUT2D eigenvalue weighted by Crippen LogP contribution is 2.58. The number of sulfonamides is 1. The first-order valence-electron chi connectivity index (χ1n) is 18.9. The third-order valence-electron chi connectivity index (χ3n) is 11.7. The third kappa shape index (κ3) is 8.66. The molecule has 17 heteroatoms. The maximum Gasteiger partial charge on any atom is 0.425 e. The third-order valence-corrected chi connectivity index (χ3v) is 13.5. The van der Waals surface area contributed by atoms with Gasteiger partial charge >= 0.3 is 12.1 Å². The number of aromatic nitrogens is 1. The number of methoxy groups -OCH3 is 1. The Morgan fingerprint density at radius 3 is 2.54 bits per heavy atom. The van der Waals surface area contributed by atoms with E-state index < -0.39 is 99.0 Å². The molecule has 4 aliphatic rings. The van der Waals surface area contributed by atoms with E-state index in [1.807, 2.05) is 17.7 Å². The number of rotatable bonds is 9. The number of benzene rings is 1. The van der Waals surface area contributed by atoms with Crippen molar-refractivity contribution in [2.75, 3.05) is 13.7 Å². The molecule has 8 atom stereocenters. The van der Waals surface area contributed by atoms with E-state index in [0.717, 1.165) is 5.39 Å². The molecule has 3 heterocycles. The van der Waals surface area contributed by atoms with Gasteiger partial charge < -0.3 is 19.1 Å². The Labute approximate surface area is 322 Å². The topological polar surface area (TPSA) is 158 Å². The SMILES string of the molecule is COc1ccc2c(O[C@@H]3C[C@H]4C(=O)C[C@]5(C(=O)NS(=O)(=O)C6(F)CC6)C[C@H]5/C=C\CC[C@@H](C)C[C@@H](C)[C@H](CC(=O)O[C@H](C)C(F)(F)F)C(=O)N4C3)nccc2c1. The molecule has 2 amide bonds. The lowest BCUT2D eigenvalue weighted by Crippen LogP contribution is -2.48. The van der Waals surface area contributed by atoms with Crippen molar-refractivity contribution in [1.82, 2.24) is 14.6 Å². The molecule has 0 bridgehead atoms. The molecule has 0 spiro atoms. The molecule has 2 saturated carbocycles. The van der Waals surface area contributed by atoms with E-state index >= 15 is 0 Å². The van der Waals surface area contributed by atoms with Gasteiger partial charge in [-0.05, 0) is 80.0 Å². The van der Waals surface area contributed by atoms with Crippen LogP contribution in [-0.2, 0) is 33.9 Å². The number of carbonyl (C=O) groups is 4. The summed E-state index contributed by atoms with van der Waals surface area (Å²) in [7, 11) is -3.16. The summed E-state index contributed by atoms with van der Waals surface area (Å²) >= 11 is 0. The van der Waals surface area contributed by atoms with Crippen molar-refractivity contribution >= 4 is 44.4 Å². The predicted octanol–water partition coefficient (Wildman–Crippen LogP) is 5.98. The first-order valence-corrected chi connectivity index (χ1v) is 20.4. The van der Waals surface area contributed by atoms with E-state index in [1.54, 1.807) is 37.3 Å². The second kappa shape index (κ2) is 15.6. The van der Waals surface area contributed by atoms with Crippen LogP contribution in [0, 0.1) is 29.1 Å². The summed E-state index contributed by atoms with van der Waals surface area (Å²) in [5.74, 6) is -4.96. The summed E-state index contributed by atoms with van der Waals surface area (Å²) < 4.78 is 98.7. The highest BCUT2D eigenvalue weighted by atomic mass is 32.2. The number of ether oxygens (including phenoxy) is 3. The fraction of sp³-hybridized carbons (Fsp3) is 0.615.